The van der Waals surface area contributed by atoms with Gasteiger partial charge in [0.25, 0.3) is 0 Å². The van der Waals surface area contributed by atoms with Crippen LogP contribution in [-0.4, -0.2) is 5.91 Å². The Kier molecular flexibility index (Phi) is 4.09. The van der Waals surface area contributed by atoms with E-state index in [0.717, 1.165) is 25.7 Å². The molecule has 2 aliphatic carbocycles. The largest absolute Gasteiger partial charge is 0.346 e. The number of amides is 1. The summed E-state index contributed by atoms with van der Waals surface area (Å²) in [7, 11) is 0. The van der Waals surface area contributed by atoms with E-state index < -0.39 is 0 Å². The van der Waals surface area contributed by atoms with Gasteiger partial charge in [0.1, 0.15) is 0 Å². The fraction of sp³-hybridized carbons (Fsp3) is 0.611. The first-order valence-corrected chi connectivity index (χ1v) is 8.18. The van der Waals surface area contributed by atoms with Gasteiger partial charge in [-0.15, -0.1) is 0 Å². The fourth-order valence-electron chi connectivity index (χ4n) is 3.92. The smallest absolute Gasteiger partial charge is 0.223 e. The molecule has 0 bridgehead atoms. The van der Waals surface area contributed by atoms with Gasteiger partial charge in [-0.2, -0.15) is 0 Å². The van der Waals surface area contributed by atoms with Crippen LogP contribution in [0.2, 0.25) is 0 Å². The Morgan fingerprint density at radius 2 is 1.60 bits per heavy atom. The second-order valence-corrected chi connectivity index (χ2v) is 6.48. The molecule has 2 fully saturated rings. The Balaban J connectivity index is 1.80. The summed E-state index contributed by atoms with van der Waals surface area (Å²) in [4.78, 5) is 12.6. The number of carbonyl (C=O) groups excluding carboxylic acids is 1. The van der Waals surface area contributed by atoms with E-state index in [4.69, 9.17) is 0 Å². The third-order valence-electron chi connectivity index (χ3n) is 5.12. The number of nitrogens with one attached hydrogen (secondary N) is 1. The molecule has 0 atom stereocenters. The molecule has 2 aliphatic rings. The Hall–Kier alpha value is -1.31. The van der Waals surface area contributed by atoms with Crippen LogP contribution in [0.15, 0.2) is 30.3 Å². The minimum atomic E-state index is -0.0980. The summed E-state index contributed by atoms with van der Waals surface area (Å²) in [6, 6.07) is 10.6. The van der Waals surface area contributed by atoms with Crippen molar-refractivity contribution < 1.29 is 4.79 Å². The van der Waals surface area contributed by atoms with Crippen LogP contribution in [0.4, 0.5) is 0 Å². The van der Waals surface area contributed by atoms with Crippen LogP contribution >= 0.6 is 0 Å². The molecule has 0 unspecified atom stereocenters. The highest BCUT2D eigenvalue weighted by Gasteiger charge is 2.37. The van der Waals surface area contributed by atoms with E-state index in [-0.39, 0.29) is 11.5 Å². The van der Waals surface area contributed by atoms with Crippen molar-refractivity contribution in [3.05, 3.63) is 35.9 Å². The quantitative estimate of drug-likeness (QED) is 0.879. The topological polar surface area (TPSA) is 29.1 Å². The van der Waals surface area contributed by atoms with Crippen molar-refractivity contribution in [1.29, 1.82) is 0 Å². The first-order valence-electron chi connectivity index (χ1n) is 8.18. The minimum absolute atomic E-state index is 0.0980. The molecule has 0 radical (unpaired) electrons. The normalized spacial score (nSPS) is 22.6. The van der Waals surface area contributed by atoms with E-state index in [9.17, 15) is 4.79 Å². The van der Waals surface area contributed by atoms with Crippen molar-refractivity contribution in [2.45, 2.75) is 63.3 Å². The molecule has 1 N–H and O–H groups in total. The Bertz CT molecular complexity index is 442. The lowest BCUT2D eigenvalue weighted by Crippen LogP contribution is -2.49. The third-order valence-corrected chi connectivity index (χ3v) is 5.12. The third kappa shape index (κ3) is 2.74. The molecule has 2 heteroatoms. The van der Waals surface area contributed by atoms with E-state index in [2.05, 4.69) is 35.6 Å². The SMILES string of the molecule is O=C(NC1(c2ccccc2)CCCCC1)C1CCCC1. The van der Waals surface area contributed by atoms with Gasteiger partial charge in [-0.1, -0.05) is 62.4 Å². The zero-order valence-corrected chi connectivity index (χ0v) is 12.2. The summed E-state index contributed by atoms with van der Waals surface area (Å²) in [5, 5.41) is 3.45. The van der Waals surface area contributed by atoms with Crippen molar-refractivity contribution in [3.63, 3.8) is 0 Å². The molecular formula is C18H25NO. The van der Waals surface area contributed by atoms with Crippen molar-refractivity contribution >= 4 is 5.91 Å². The average molecular weight is 271 g/mol. The fourth-order valence-corrected chi connectivity index (χ4v) is 3.92. The molecule has 1 amide bonds. The highest BCUT2D eigenvalue weighted by Crippen LogP contribution is 2.38. The van der Waals surface area contributed by atoms with Gasteiger partial charge in [0.2, 0.25) is 5.91 Å². The molecular weight excluding hydrogens is 246 g/mol. The predicted octanol–water partition coefficient (Wildman–Crippen LogP) is 4.15. The predicted molar refractivity (Wildman–Crippen MR) is 81.3 cm³/mol. The van der Waals surface area contributed by atoms with E-state index >= 15 is 0 Å². The van der Waals surface area contributed by atoms with E-state index in [1.165, 1.54) is 37.7 Å². The summed E-state index contributed by atoms with van der Waals surface area (Å²) < 4.78 is 0. The molecule has 20 heavy (non-hydrogen) atoms. The van der Waals surface area contributed by atoms with Crippen molar-refractivity contribution in [2.24, 2.45) is 5.92 Å². The van der Waals surface area contributed by atoms with Crippen LogP contribution in [0, 0.1) is 5.92 Å². The molecule has 0 heterocycles. The number of rotatable bonds is 3. The van der Waals surface area contributed by atoms with Gasteiger partial charge in [0.15, 0.2) is 0 Å². The van der Waals surface area contributed by atoms with Crippen molar-refractivity contribution in [3.8, 4) is 0 Å². The van der Waals surface area contributed by atoms with Crippen LogP contribution in [-0.2, 0) is 10.3 Å². The van der Waals surface area contributed by atoms with Gasteiger partial charge in [0, 0.05) is 5.92 Å². The lowest BCUT2D eigenvalue weighted by Gasteiger charge is -2.39. The first kappa shape index (κ1) is 13.7. The Morgan fingerprint density at radius 1 is 0.950 bits per heavy atom. The molecule has 2 nitrogen and oxygen atoms in total. The van der Waals surface area contributed by atoms with Crippen molar-refractivity contribution in [2.75, 3.05) is 0 Å². The minimum Gasteiger partial charge on any atom is -0.346 e. The second kappa shape index (κ2) is 5.99. The molecule has 0 aliphatic heterocycles. The van der Waals surface area contributed by atoms with Gasteiger partial charge < -0.3 is 5.32 Å². The van der Waals surface area contributed by atoms with E-state index in [1.54, 1.807) is 0 Å². The van der Waals surface area contributed by atoms with Crippen LogP contribution in [0.25, 0.3) is 0 Å². The number of hydrogen-bond donors (Lipinski definition) is 1. The number of hydrogen-bond acceptors (Lipinski definition) is 1. The van der Waals surface area contributed by atoms with Crippen LogP contribution in [0.1, 0.15) is 63.4 Å². The van der Waals surface area contributed by atoms with Crippen molar-refractivity contribution in [1.82, 2.24) is 5.32 Å². The van der Waals surface area contributed by atoms with Gasteiger partial charge in [0.05, 0.1) is 5.54 Å². The lowest BCUT2D eigenvalue weighted by atomic mass is 9.76. The summed E-state index contributed by atoms with van der Waals surface area (Å²) in [6.45, 7) is 0. The molecule has 0 aromatic heterocycles. The molecule has 108 valence electrons. The summed E-state index contributed by atoms with van der Waals surface area (Å²) in [6.07, 6.45) is 10.5. The maximum atomic E-state index is 12.6. The van der Waals surface area contributed by atoms with Gasteiger partial charge in [-0.05, 0) is 31.2 Å². The lowest BCUT2D eigenvalue weighted by molar-refractivity contribution is -0.127. The standard InChI is InChI=1S/C18H25NO/c20-17(15-9-5-6-10-15)19-18(13-7-2-8-14-18)16-11-3-1-4-12-16/h1,3-4,11-12,15H,2,5-10,13-14H2,(H,19,20). The maximum Gasteiger partial charge on any atom is 0.223 e. The van der Waals surface area contributed by atoms with Crippen LogP contribution in [0.3, 0.4) is 0 Å². The van der Waals surface area contributed by atoms with Crippen LogP contribution in [0.5, 0.6) is 0 Å². The van der Waals surface area contributed by atoms with Gasteiger partial charge >= 0.3 is 0 Å². The molecule has 2 saturated carbocycles. The molecule has 3 rings (SSSR count). The van der Waals surface area contributed by atoms with E-state index in [0.29, 0.717) is 5.91 Å². The average Bonchev–Trinajstić information content (AvgIpc) is 3.03. The molecule has 1 aromatic carbocycles. The van der Waals surface area contributed by atoms with Crippen LogP contribution < -0.4 is 5.32 Å². The summed E-state index contributed by atoms with van der Waals surface area (Å²) in [5.74, 6) is 0.561. The monoisotopic (exact) mass is 271 g/mol. The zero-order chi connectivity index (χ0) is 13.8. The number of carbonyl (C=O) groups is 1. The number of benzene rings is 1. The van der Waals surface area contributed by atoms with E-state index in [1.807, 2.05) is 0 Å². The first-order chi connectivity index (χ1) is 9.80. The second-order valence-electron chi connectivity index (χ2n) is 6.48. The summed E-state index contributed by atoms with van der Waals surface area (Å²) in [5.41, 5.74) is 1.20. The summed E-state index contributed by atoms with van der Waals surface area (Å²) >= 11 is 0. The highest BCUT2D eigenvalue weighted by molar-refractivity contribution is 5.80. The van der Waals surface area contributed by atoms with Gasteiger partial charge in [-0.3, -0.25) is 4.79 Å². The molecule has 1 aromatic rings. The molecule has 0 saturated heterocycles. The highest BCUT2D eigenvalue weighted by atomic mass is 16.2. The van der Waals surface area contributed by atoms with Gasteiger partial charge in [-0.25, -0.2) is 0 Å². The Labute approximate surface area is 122 Å². The zero-order valence-electron chi connectivity index (χ0n) is 12.2. The Morgan fingerprint density at radius 3 is 2.25 bits per heavy atom. The molecule has 0 spiro atoms. The maximum absolute atomic E-state index is 12.6.